The summed E-state index contributed by atoms with van der Waals surface area (Å²) in [6.45, 7) is 1.96. The highest BCUT2D eigenvalue weighted by Crippen LogP contribution is 2.31. The van der Waals surface area contributed by atoms with E-state index in [0.29, 0.717) is 17.8 Å². The lowest BCUT2D eigenvalue weighted by Gasteiger charge is -2.18. The number of Topliss-reactive ketones (excluding diaryl/α,β-unsaturated/α-hetero) is 1. The second-order valence-corrected chi connectivity index (χ2v) is 7.13. The molecule has 0 bridgehead atoms. The fraction of sp³-hybridized carbons (Fsp3) is 0.214. The van der Waals surface area contributed by atoms with Crippen molar-refractivity contribution in [2.24, 2.45) is 0 Å². The first kappa shape index (κ1) is 15.7. The molecule has 0 aliphatic carbocycles. The van der Waals surface area contributed by atoms with Crippen molar-refractivity contribution >= 4 is 44.4 Å². The summed E-state index contributed by atoms with van der Waals surface area (Å²) >= 11 is 4.98. The Morgan fingerprint density at radius 1 is 1.38 bits per heavy atom. The average Bonchev–Trinajstić information content (AvgIpc) is 2.83. The van der Waals surface area contributed by atoms with E-state index in [1.807, 2.05) is 12.1 Å². The van der Waals surface area contributed by atoms with Gasteiger partial charge in [0.1, 0.15) is 5.69 Å². The summed E-state index contributed by atoms with van der Waals surface area (Å²) in [4.78, 5) is 25.0. The van der Waals surface area contributed by atoms with Crippen LogP contribution < -0.4 is 4.90 Å². The van der Waals surface area contributed by atoms with Crippen molar-refractivity contribution in [3.63, 3.8) is 0 Å². The Balaban J connectivity index is 2.33. The highest BCUT2D eigenvalue weighted by atomic mass is 79.9. The van der Waals surface area contributed by atoms with Gasteiger partial charge in [0.15, 0.2) is 5.78 Å². The number of ketones is 1. The van der Waals surface area contributed by atoms with Crippen molar-refractivity contribution in [3.8, 4) is 0 Å². The third-order valence-electron chi connectivity index (χ3n) is 3.01. The van der Waals surface area contributed by atoms with E-state index in [9.17, 15) is 14.9 Å². The molecule has 0 fully saturated rings. The van der Waals surface area contributed by atoms with Gasteiger partial charge in [0.05, 0.1) is 15.3 Å². The predicted octanol–water partition coefficient (Wildman–Crippen LogP) is 4.26. The second kappa shape index (κ2) is 6.36. The minimum absolute atomic E-state index is 0.0548. The van der Waals surface area contributed by atoms with Crippen LogP contribution in [0.15, 0.2) is 34.1 Å². The third-order valence-corrected chi connectivity index (χ3v) is 4.62. The highest BCUT2D eigenvalue weighted by Gasteiger charge is 2.19. The lowest BCUT2D eigenvalue weighted by molar-refractivity contribution is -0.384. The van der Waals surface area contributed by atoms with Crippen LogP contribution >= 0.6 is 27.3 Å². The lowest BCUT2D eigenvalue weighted by atomic mass is 10.1. The minimum Gasteiger partial charge on any atom is -0.364 e. The monoisotopic (exact) mass is 368 g/mol. The van der Waals surface area contributed by atoms with E-state index >= 15 is 0 Å². The number of benzene rings is 1. The fourth-order valence-electron chi connectivity index (χ4n) is 1.97. The lowest BCUT2D eigenvalue weighted by Crippen LogP contribution is -2.17. The summed E-state index contributed by atoms with van der Waals surface area (Å²) in [5.74, 6) is -0.186. The first-order valence-corrected chi connectivity index (χ1v) is 7.74. The maximum Gasteiger partial charge on any atom is 0.293 e. The molecule has 0 radical (unpaired) electrons. The number of rotatable bonds is 5. The standard InChI is InChI=1S/C14H13BrN2O3S/c1-9(18)10-3-5-12(13(7-10)17(19)20)16(2)8-11-4-6-14(15)21-11/h3-7H,8H2,1-2H3. The van der Waals surface area contributed by atoms with Crippen molar-refractivity contribution < 1.29 is 9.72 Å². The van der Waals surface area contributed by atoms with Gasteiger partial charge in [-0.25, -0.2) is 0 Å². The first-order chi connectivity index (χ1) is 9.88. The smallest absolute Gasteiger partial charge is 0.293 e. The molecule has 0 saturated heterocycles. The number of nitrogens with zero attached hydrogens (tertiary/aromatic N) is 2. The van der Waals surface area contributed by atoms with E-state index in [1.54, 1.807) is 35.4 Å². The van der Waals surface area contributed by atoms with Gasteiger partial charge in [-0.15, -0.1) is 11.3 Å². The van der Waals surface area contributed by atoms with Gasteiger partial charge < -0.3 is 4.90 Å². The van der Waals surface area contributed by atoms with Gasteiger partial charge in [-0.05, 0) is 47.1 Å². The maximum atomic E-state index is 11.4. The Bertz CT molecular complexity index is 699. The summed E-state index contributed by atoms with van der Waals surface area (Å²) in [6.07, 6.45) is 0. The molecule has 0 amide bonds. The molecule has 2 rings (SSSR count). The van der Waals surface area contributed by atoms with Crippen LogP contribution in [0.1, 0.15) is 22.2 Å². The summed E-state index contributed by atoms with van der Waals surface area (Å²) in [5, 5.41) is 11.2. The number of nitro groups is 1. The molecule has 5 nitrogen and oxygen atoms in total. The van der Waals surface area contributed by atoms with Crippen LogP contribution in [0.5, 0.6) is 0 Å². The Morgan fingerprint density at radius 2 is 2.10 bits per heavy atom. The molecule has 110 valence electrons. The van der Waals surface area contributed by atoms with Crippen molar-refractivity contribution in [2.45, 2.75) is 13.5 Å². The Labute approximate surface area is 134 Å². The van der Waals surface area contributed by atoms with Crippen molar-refractivity contribution in [1.82, 2.24) is 0 Å². The van der Waals surface area contributed by atoms with Crippen LogP contribution in [0.3, 0.4) is 0 Å². The minimum atomic E-state index is -0.456. The quantitative estimate of drug-likeness (QED) is 0.449. The average molecular weight is 369 g/mol. The maximum absolute atomic E-state index is 11.4. The molecule has 0 N–H and O–H groups in total. The summed E-state index contributed by atoms with van der Waals surface area (Å²) in [5.41, 5.74) is 0.785. The highest BCUT2D eigenvalue weighted by molar-refractivity contribution is 9.11. The molecule has 7 heteroatoms. The molecule has 0 aliphatic heterocycles. The number of carbonyl (C=O) groups is 1. The molecule has 0 aliphatic rings. The van der Waals surface area contributed by atoms with E-state index in [2.05, 4.69) is 15.9 Å². The fourth-order valence-corrected chi connectivity index (χ4v) is 3.50. The molecule has 1 heterocycles. The van der Waals surface area contributed by atoms with Gasteiger partial charge in [-0.2, -0.15) is 0 Å². The number of hydrogen-bond acceptors (Lipinski definition) is 5. The van der Waals surface area contributed by atoms with Gasteiger partial charge >= 0.3 is 0 Å². The number of anilines is 1. The van der Waals surface area contributed by atoms with E-state index in [4.69, 9.17) is 0 Å². The molecular formula is C14H13BrN2O3S. The molecular weight excluding hydrogens is 356 g/mol. The van der Waals surface area contributed by atoms with Crippen LogP contribution in [0.25, 0.3) is 0 Å². The topological polar surface area (TPSA) is 63.5 Å². The van der Waals surface area contributed by atoms with E-state index in [1.165, 1.54) is 13.0 Å². The number of halogens is 1. The predicted molar refractivity (Wildman–Crippen MR) is 87.2 cm³/mol. The van der Waals surface area contributed by atoms with Gasteiger partial charge in [-0.3, -0.25) is 14.9 Å². The molecule has 0 atom stereocenters. The number of nitro benzene ring substituents is 1. The van der Waals surface area contributed by atoms with Crippen LogP contribution in [-0.4, -0.2) is 17.8 Å². The zero-order valence-electron chi connectivity index (χ0n) is 11.5. The van der Waals surface area contributed by atoms with Crippen LogP contribution in [0, 0.1) is 10.1 Å². The van der Waals surface area contributed by atoms with E-state index < -0.39 is 4.92 Å². The van der Waals surface area contributed by atoms with Gasteiger partial charge in [-0.1, -0.05) is 0 Å². The molecule has 21 heavy (non-hydrogen) atoms. The van der Waals surface area contributed by atoms with Gasteiger partial charge in [0.2, 0.25) is 0 Å². The van der Waals surface area contributed by atoms with Crippen LogP contribution in [0.2, 0.25) is 0 Å². The summed E-state index contributed by atoms with van der Waals surface area (Å²) < 4.78 is 1.02. The largest absolute Gasteiger partial charge is 0.364 e. The number of hydrogen-bond donors (Lipinski definition) is 0. The first-order valence-electron chi connectivity index (χ1n) is 6.13. The Morgan fingerprint density at radius 3 is 2.62 bits per heavy atom. The molecule has 0 unspecified atom stereocenters. The zero-order chi connectivity index (χ0) is 15.6. The number of thiophene rings is 1. The molecule has 1 aromatic carbocycles. The second-order valence-electron chi connectivity index (χ2n) is 4.58. The van der Waals surface area contributed by atoms with Gasteiger partial charge in [0, 0.05) is 23.6 Å². The molecule has 0 saturated carbocycles. The van der Waals surface area contributed by atoms with Gasteiger partial charge in [0.25, 0.3) is 5.69 Å². The van der Waals surface area contributed by atoms with Crippen LogP contribution in [-0.2, 0) is 6.54 Å². The molecule has 1 aromatic heterocycles. The van der Waals surface area contributed by atoms with Crippen molar-refractivity contribution in [3.05, 3.63) is 54.7 Å². The van der Waals surface area contributed by atoms with E-state index in [0.717, 1.165) is 8.66 Å². The molecule has 2 aromatic rings. The summed E-state index contributed by atoms with van der Waals surface area (Å²) in [6, 6.07) is 8.49. The number of carbonyl (C=O) groups excluding carboxylic acids is 1. The third kappa shape index (κ3) is 3.68. The SMILES string of the molecule is CC(=O)c1ccc(N(C)Cc2ccc(Br)s2)c([N+](=O)[O-])c1. The van der Waals surface area contributed by atoms with Crippen molar-refractivity contribution in [2.75, 3.05) is 11.9 Å². The molecule has 0 spiro atoms. The zero-order valence-corrected chi connectivity index (χ0v) is 13.9. The normalized spacial score (nSPS) is 10.4. The summed E-state index contributed by atoms with van der Waals surface area (Å²) in [7, 11) is 1.80. The van der Waals surface area contributed by atoms with Crippen molar-refractivity contribution in [1.29, 1.82) is 0 Å². The van der Waals surface area contributed by atoms with Crippen LogP contribution in [0.4, 0.5) is 11.4 Å². The van der Waals surface area contributed by atoms with E-state index in [-0.39, 0.29) is 11.5 Å². The Hall–Kier alpha value is -1.73. The Kier molecular flexibility index (Phi) is 4.74.